The van der Waals surface area contributed by atoms with Gasteiger partial charge in [0, 0.05) is 30.4 Å². The molecule has 1 aromatic heterocycles. The molecule has 0 spiro atoms. The maximum atomic E-state index is 12.8. The number of thioether (sulfide) groups is 1. The number of aromatic nitrogens is 2. The number of morpholine rings is 1. The van der Waals surface area contributed by atoms with Gasteiger partial charge in [-0.2, -0.15) is 10.1 Å². The van der Waals surface area contributed by atoms with Crippen LogP contribution in [0.5, 0.6) is 5.75 Å². The summed E-state index contributed by atoms with van der Waals surface area (Å²) in [5, 5.41) is 5.67. The fourth-order valence-electron chi connectivity index (χ4n) is 4.14. The molecule has 0 N–H and O–H groups in total. The number of carbonyl (C=O) groups excluding carboxylic acids is 1. The van der Waals surface area contributed by atoms with Gasteiger partial charge >= 0.3 is 0 Å². The van der Waals surface area contributed by atoms with E-state index in [0.29, 0.717) is 24.7 Å². The van der Waals surface area contributed by atoms with Crippen molar-refractivity contribution in [3.63, 3.8) is 0 Å². The van der Waals surface area contributed by atoms with E-state index in [9.17, 15) is 4.79 Å². The minimum absolute atomic E-state index is 0.212. The Balaban J connectivity index is 1.48. The molecule has 0 saturated carbocycles. The highest BCUT2D eigenvalue weighted by Gasteiger charge is 2.28. The number of amides is 1. The highest BCUT2D eigenvalue weighted by Crippen LogP contribution is 2.34. The number of aliphatic imine (C=N–C) groups is 1. The van der Waals surface area contributed by atoms with Crippen LogP contribution in [0.2, 0.25) is 0 Å². The Bertz CT molecular complexity index is 1290. The molecule has 8 heteroatoms. The number of hydrogen-bond donors (Lipinski definition) is 0. The topological polar surface area (TPSA) is 68.9 Å². The third-order valence-corrected chi connectivity index (χ3v) is 7.19. The molecule has 1 saturated heterocycles. The van der Waals surface area contributed by atoms with E-state index in [1.54, 1.807) is 0 Å². The van der Waals surface area contributed by atoms with Crippen LogP contribution in [-0.4, -0.2) is 58.7 Å². The van der Waals surface area contributed by atoms with Gasteiger partial charge in [0.1, 0.15) is 11.4 Å². The average Bonchev–Trinajstić information content (AvgIpc) is 3.50. The van der Waals surface area contributed by atoms with Gasteiger partial charge in [-0.1, -0.05) is 31.5 Å². The molecule has 7 nitrogen and oxygen atoms in total. The summed E-state index contributed by atoms with van der Waals surface area (Å²) in [6, 6.07) is 16.1. The molecule has 5 rings (SSSR count). The SMILES string of the molecule is CCCCOc1ccc(-c2nn(-c3ccccc3)cc2/C=C2/SC(N3CCOCC3)=NC2=O)cc1C. The number of nitrogens with zero attached hydrogens (tertiary/aromatic N) is 4. The van der Waals surface area contributed by atoms with Crippen LogP contribution in [0.15, 0.2) is 64.6 Å². The van der Waals surface area contributed by atoms with E-state index in [4.69, 9.17) is 14.6 Å². The summed E-state index contributed by atoms with van der Waals surface area (Å²) in [4.78, 5) is 19.8. The summed E-state index contributed by atoms with van der Waals surface area (Å²) in [5.41, 5.74) is 4.66. The van der Waals surface area contributed by atoms with E-state index >= 15 is 0 Å². The van der Waals surface area contributed by atoms with Gasteiger partial charge in [0.25, 0.3) is 5.91 Å². The molecule has 1 amide bonds. The van der Waals surface area contributed by atoms with Crippen molar-refractivity contribution in [3.05, 3.63) is 70.8 Å². The monoisotopic (exact) mass is 502 g/mol. The number of ether oxygens (including phenoxy) is 2. The van der Waals surface area contributed by atoms with Gasteiger partial charge in [-0.15, -0.1) is 0 Å². The fourth-order valence-corrected chi connectivity index (χ4v) is 5.10. The Hall–Kier alpha value is -3.36. The maximum Gasteiger partial charge on any atom is 0.286 e. The highest BCUT2D eigenvalue weighted by molar-refractivity contribution is 8.18. The first-order valence-electron chi connectivity index (χ1n) is 12.4. The van der Waals surface area contributed by atoms with Crippen molar-refractivity contribution >= 4 is 28.9 Å². The van der Waals surface area contributed by atoms with E-state index < -0.39 is 0 Å². The van der Waals surface area contributed by atoms with Crippen molar-refractivity contribution in [3.8, 4) is 22.7 Å². The molecule has 2 aliphatic heterocycles. The predicted octanol–water partition coefficient (Wildman–Crippen LogP) is 5.33. The number of benzene rings is 2. The zero-order valence-corrected chi connectivity index (χ0v) is 21.5. The second-order valence-corrected chi connectivity index (χ2v) is 9.81. The van der Waals surface area contributed by atoms with Crippen molar-refractivity contribution in [2.24, 2.45) is 4.99 Å². The summed E-state index contributed by atoms with van der Waals surface area (Å²) >= 11 is 1.42. The fraction of sp³-hybridized carbons (Fsp3) is 0.321. The quantitative estimate of drug-likeness (QED) is 0.321. The van der Waals surface area contributed by atoms with Crippen molar-refractivity contribution < 1.29 is 14.3 Å². The Labute approximate surface area is 215 Å². The van der Waals surface area contributed by atoms with Crippen molar-refractivity contribution in [1.29, 1.82) is 0 Å². The first-order chi connectivity index (χ1) is 17.6. The van der Waals surface area contributed by atoms with E-state index in [1.807, 2.05) is 59.4 Å². The number of para-hydroxylation sites is 1. The lowest BCUT2D eigenvalue weighted by Gasteiger charge is -2.27. The van der Waals surface area contributed by atoms with Crippen LogP contribution in [0.3, 0.4) is 0 Å². The number of rotatable bonds is 7. The molecule has 186 valence electrons. The standard InChI is InChI=1S/C28H30N4O3S/c1-3-4-14-35-24-11-10-21(17-20(24)2)26-22(19-32(30-26)23-8-6-5-7-9-23)18-25-27(33)29-28(36-25)31-12-15-34-16-13-31/h5-11,17-19H,3-4,12-16H2,1-2H3/b25-18+. The largest absolute Gasteiger partial charge is 0.493 e. The molecule has 36 heavy (non-hydrogen) atoms. The number of hydrogen-bond acceptors (Lipinski definition) is 6. The number of amidine groups is 1. The minimum Gasteiger partial charge on any atom is -0.493 e. The second kappa shape index (κ2) is 11.1. The molecule has 3 heterocycles. The molecule has 2 aliphatic rings. The third-order valence-electron chi connectivity index (χ3n) is 6.14. The van der Waals surface area contributed by atoms with Crippen LogP contribution in [-0.2, 0) is 9.53 Å². The molecular formula is C28H30N4O3S. The predicted molar refractivity (Wildman–Crippen MR) is 145 cm³/mol. The highest BCUT2D eigenvalue weighted by atomic mass is 32.2. The average molecular weight is 503 g/mol. The Morgan fingerprint density at radius 2 is 1.94 bits per heavy atom. The molecular weight excluding hydrogens is 472 g/mol. The van der Waals surface area contributed by atoms with Gasteiger partial charge in [0.2, 0.25) is 0 Å². The molecule has 0 aliphatic carbocycles. The summed E-state index contributed by atoms with van der Waals surface area (Å²) in [6.45, 7) is 7.71. The zero-order chi connectivity index (χ0) is 24.9. The lowest BCUT2D eigenvalue weighted by atomic mass is 10.0. The summed E-state index contributed by atoms with van der Waals surface area (Å²) in [5.74, 6) is 0.676. The molecule has 2 aromatic carbocycles. The smallest absolute Gasteiger partial charge is 0.286 e. The van der Waals surface area contributed by atoms with E-state index in [1.165, 1.54) is 11.8 Å². The van der Waals surface area contributed by atoms with Crippen LogP contribution >= 0.6 is 11.8 Å². The van der Waals surface area contributed by atoms with Crippen LogP contribution in [0.4, 0.5) is 0 Å². The van der Waals surface area contributed by atoms with E-state index in [2.05, 4.69) is 29.8 Å². The van der Waals surface area contributed by atoms with Crippen molar-refractivity contribution in [1.82, 2.24) is 14.7 Å². The van der Waals surface area contributed by atoms with Gasteiger partial charge in [0.05, 0.1) is 30.4 Å². The van der Waals surface area contributed by atoms with Crippen LogP contribution in [0.1, 0.15) is 30.9 Å². The van der Waals surface area contributed by atoms with Gasteiger partial charge in [0.15, 0.2) is 5.17 Å². The normalized spacial score (nSPS) is 17.1. The number of carbonyl (C=O) groups is 1. The number of unbranched alkanes of at least 4 members (excludes halogenated alkanes) is 1. The lowest BCUT2D eigenvalue weighted by Crippen LogP contribution is -2.38. The zero-order valence-electron chi connectivity index (χ0n) is 20.6. The van der Waals surface area contributed by atoms with Gasteiger partial charge < -0.3 is 14.4 Å². The van der Waals surface area contributed by atoms with Gasteiger partial charge in [-0.05, 0) is 67.1 Å². The molecule has 0 bridgehead atoms. The summed E-state index contributed by atoms with van der Waals surface area (Å²) in [6.07, 6.45) is 6.01. The van der Waals surface area contributed by atoms with Crippen molar-refractivity contribution in [2.75, 3.05) is 32.9 Å². The van der Waals surface area contributed by atoms with E-state index in [0.717, 1.165) is 64.9 Å². The third kappa shape index (κ3) is 5.39. The summed E-state index contributed by atoms with van der Waals surface area (Å²) in [7, 11) is 0. The van der Waals surface area contributed by atoms with Gasteiger partial charge in [-0.25, -0.2) is 4.68 Å². The Kier molecular flexibility index (Phi) is 7.53. The van der Waals surface area contributed by atoms with Crippen LogP contribution in [0, 0.1) is 6.92 Å². The lowest BCUT2D eigenvalue weighted by molar-refractivity contribution is -0.113. The first-order valence-corrected chi connectivity index (χ1v) is 13.2. The maximum absolute atomic E-state index is 12.8. The Morgan fingerprint density at radius 1 is 1.14 bits per heavy atom. The minimum atomic E-state index is -0.212. The second-order valence-electron chi connectivity index (χ2n) is 8.81. The molecule has 3 aromatic rings. The molecule has 0 atom stereocenters. The van der Waals surface area contributed by atoms with E-state index in [-0.39, 0.29) is 5.91 Å². The number of aryl methyl sites for hydroxylation is 1. The molecule has 0 radical (unpaired) electrons. The summed E-state index contributed by atoms with van der Waals surface area (Å²) < 4.78 is 13.2. The molecule has 1 fully saturated rings. The van der Waals surface area contributed by atoms with Crippen LogP contribution < -0.4 is 4.74 Å². The first kappa shape index (κ1) is 24.3. The van der Waals surface area contributed by atoms with Crippen LogP contribution in [0.25, 0.3) is 23.0 Å². The van der Waals surface area contributed by atoms with Crippen molar-refractivity contribution in [2.45, 2.75) is 26.7 Å². The molecule has 0 unspecified atom stereocenters. The van der Waals surface area contributed by atoms with Gasteiger partial charge in [-0.3, -0.25) is 4.79 Å². The Morgan fingerprint density at radius 3 is 2.69 bits per heavy atom.